The van der Waals surface area contributed by atoms with Gasteiger partial charge in [0, 0.05) is 59.9 Å². The number of aromatic nitrogens is 4. The molecule has 0 saturated heterocycles. The molecule has 5 aromatic carbocycles. The van der Waals surface area contributed by atoms with E-state index in [-0.39, 0.29) is 24.3 Å². The molecule has 324 valence electrons. The van der Waals surface area contributed by atoms with Crippen molar-refractivity contribution in [2.24, 2.45) is 0 Å². The Hall–Kier alpha value is -5.92. The van der Waals surface area contributed by atoms with Crippen molar-refractivity contribution in [1.29, 1.82) is 0 Å². The number of nitrogens with one attached hydrogen (secondary N) is 5. The summed E-state index contributed by atoms with van der Waals surface area (Å²) >= 11 is 0. The molecule has 0 spiro atoms. The molecule has 5 heterocycles. The van der Waals surface area contributed by atoms with Gasteiger partial charge in [-0.1, -0.05) is 181 Å². The first kappa shape index (κ1) is 59.8. The molecular weight excluding hydrogens is 733 g/mol. The predicted molar refractivity (Wildman–Crippen MR) is 265 cm³/mol. The van der Waals surface area contributed by atoms with Crippen LogP contribution in [-0.2, 0) is 13.1 Å². The molecule has 59 heavy (non-hydrogen) atoms. The van der Waals surface area contributed by atoms with Crippen LogP contribution in [0.5, 0.6) is 0 Å². The smallest absolute Gasteiger partial charge is 0.0453 e. The van der Waals surface area contributed by atoms with Crippen LogP contribution >= 0.6 is 0 Å². The number of fused-ring (bicyclic) bond motifs is 5. The van der Waals surface area contributed by atoms with E-state index in [1.807, 2.05) is 143 Å². The van der Waals surface area contributed by atoms with E-state index in [2.05, 4.69) is 122 Å². The molecule has 9 aromatic rings. The fraction of sp³-hybridized carbons (Fsp3) is 0.269. The third-order valence-electron chi connectivity index (χ3n) is 7.60. The van der Waals surface area contributed by atoms with Gasteiger partial charge in [0.15, 0.2) is 0 Å². The average Bonchev–Trinajstić information content (AvgIpc) is 4.15. The highest BCUT2D eigenvalue weighted by molar-refractivity contribution is 5.80. The third kappa shape index (κ3) is 20.9. The molecule has 0 aliphatic carbocycles. The van der Waals surface area contributed by atoms with Crippen molar-refractivity contribution in [2.45, 2.75) is 97.2 Å². The number of H-pyrrole nitrogens is 4. The van der Waals surface area contributed by atoms with Gasteiger partial charge in [-0.3, -0.25) is 9.41 Å². The lowest BCUT2D eigenvalue weighted by Gasteiger charge is -1.91. The van der Waals surface area contributed by atoms with E-state index < -0.39 is 0 Å². The van der Waals surface area contributed by atoms with Crippen LogP contribution in [0.15, 0.2) is 170 Å². The fourth-order valence-corrected chi connectivity index (χ4v) is 5.21. The summed E-state index contributed by atoms with van der Waals surface area (Å²) in [6.07, 6.45) is 7.80. The Morgan fingerprint density at radius 3 is 0.712 bits per heavy atom. The van der Waals surface area contributed by atoms with E-state index in [4.69, 9.17) is 0 Å². The van der Waals surface area contributed by atoms with Gasteiger partial charge >= 0.3 is 0 Å². The van der Waals surface area contributed by atoms with Gasteiger partial charge in [0.1, 0.15) is 0 Å². The number of benzene rings is 5. The lowest BCUT2D eigenvalue weighted by atomic mass is 10.1. The Bertz CT molecular complexity index is 1780. The second-order valence-corrected chi connectivity index (χ2v) is 10.6. The highest BCUT2D eigenvalue weighted by Crippen LogP contribution is 2.14. The molecule has 0 radical (unpaired) electrons. The van der Waals surface area contributed by atoms with E-state index in [9.17, 15) is 0 Å². The Kier molecular flexibility index (Phi) is 39.4. The fourth-order valence-electron chi connectivity index (χ4n) is 5.21. The molecule has 5 N–H and O–H groups in total. The van der Waals surface area contributed by atoms with Crippen LogP contribution in [0.1, 0.15) is 95.2 Å². The minimum Gasteiger partial charge on any atom is -0.361 e. The van der Waals surface area contributed by atoms with E-state index in [1.54, 1.807) is 0 Å². The Balaban J connectivity index is -0.000000299. The topological polar surface area (TPSA) is 75.2 Å². The summed E-state index contributed by atoms with van der Waals surface area (Å²) in [7, 11) is 0. The average molecular weight is 810 g/mol. The molecule has 0 saturated carbocycles. The standard InChI is InChI=1S/C8H9N.4C8H7N.5C2H6.2CH4.2FH/c1-2-4-8-6-9-5-7(8)3-1;4*1-2-4-8-7(3-1)5-6-9-8;5*1-2;;;;/h1-4,9H,5-6H2;4*1-6,9H;5*1-2H3;2*1H4;2*1H. The lowest BCUT2D eigenvalue weighted by Crippen LogP contribution is -1.99. The number of aromatic amines is 4. The number of para-hydroxylation sites is 4. The highest BCUT2D eigenvalue weighted by atomic mass is 19.0. The molecule has 0 bridgehead atoms. The molecule has 0 atom stereocenters. The van der Waals surface area contributed by atoms with Crippen molar-refractivity contribution in [3.8, 4) is 0 Å². The quantitative estimate of drug-likeness (QED) is 0.104. The molecule has 0 amide bonds. The van der Waals surface area contributed by atoms with Gasteiger partial charge < -0.3 is 25.3 Å². The summed E-state index contributed by atoms with van der Waals surface area (Å²) in [6, 6.07) is 49.7. The zero-order valence-electron chi connectivity index (χ0n) is 35.9. The summed E-state index contributed by atoms with van der Waals surface area (Å²) in [5, 5.41) is 8.39. The largest absolute Gasteiger partial charge is 0.361 e. The maximum absolute atomic E-state index is 3.29. The zero-order valence-corrected chi connectivity index (χ0v) is 35.9. The first-order valence-corrected chi connectivity index (χ1v) is 20.2. The highest BCUT2D eigenvalue weighted by Gasteiger charge is 2.06. The van der Waals surface area contributed by atoms with E-state index in [0.717, 1.165) is 13.1 Å². The van der Waals surface area contributed by atoms with Crippen LogP contribution < -0.4 is 5.32 Å². The SMILES string of the molecule is C.C.CC.CC.CC.CC.CC.F.F.c1ccc2[nH]ccc2c1.c1ccc2[nH]ccc2c1.c1ccc2[nH]ccc2c1.c1ccc2[nH]ccc2c1.c1ccc2c(c1)CNC2. The van der Waals surface area contributed by atoms with E-state index in [1.165, 1.54) is 54.7 Å². The molecule has 10 rings (SSSR count). The van der Waals surface area contributed by atoms with Gasteiger partial charge in [-0.25, -0.2) is 0 Å². The summed E-state index contributed by atoms with van der Waals surface area (Å²) < 4.78 is 0. The zero-order chi connectivity index (χ0) is 40.5. The number of hydrogen-bond acceptors (Lipinski definition) is 1. The van der Waals surface area contributed by atoms with Crippen LogP contribution in [0.4, 0.5) is 9.41 Å². The van der Waals surface area contributed by atoms with Crippen LogP contribution in [-0.4, -0.2) is 19.9 Å². The van der Waals surface area contributed by atoms with E-state index in [0.29, 0.717) is 0 Å². The van der Waals surface area contributed by atoms with Gasteiger partial charge in [-0.05, 0) is 81.2 Å². The molecule has 1 aliphatic heterocycles. The molecule has 0 fully saturated rings. The molecular formula is C52H77F2N5. The summed E-state index contributed by atoms with van der Waals surface area (Å²) in [4.78, 5) is 12.5. The van der Waals surface area contributed by atoms with Crippen molar-refractivity contribution >= 4 is 43.6 Å². The molecule has 0 unspecified atom stereocenters. The Labute approximate surface area is 355 Å². The second kappa shape index (κ2) is 38.9. The van der Waals surface area contributed by atoms with Crippen LogP contribution in [0.2, 0.25) is 0 Å². The maximum Gasteiger partial charge on any atom is 0.0453 e. The van der Waals surface area contributed by atoms with Crippen molar-refractivity contribution in [3.05, 3.63) is 182 Å². The second-order valence-electron chi connectivity index (χ2n) is 10.6. The monoisotopic (exact) mass is 810 g/mol. The van der Waals surface area contributed by atoms with Crippen molar-refractivity contribution in [1.82, 2.24) is 25.3 Å². The summed E-state index contributed by atoms with van der Waals surface area (Å²) in [5.74, 6) is 0. The summed E-state index contributed by atoms with van der Waals surface area (Å²) in [5.41, 5.74) is 7.74. The first-order chi connectivity index (χ1) is 27.3. The van der Waals surface area contributed by atoms with Crippen molar-refractivity contribution < 1.29 is 9.41 Å². The molecule has 4 aromatic heterocycles. The van der Waals surface area contributed by atoms with Crippen molar-refractivity contribution in [3.63, 3.8) is 0 Å². The Morgan fingerprint density at radius 2 is 0.492 bits per heavy atom. The molecule has 7 heteroatoms. The first-order valence-electron chi connectivity index (χ1n) is 20.2. The van der Waals surface area contributed by atoms with Gasteiger partial charge in [0.05, 0.1) is 0 Å². The number of halogens is 2. The maximum atomic E-state index is 3.29. The molecule has 1 aliphatic rings. The van der Waals surface area contributed by atoms with Gasteiger partial charge in [-0.15, -0.1) is 0 Å². The normalized spacial score (nSPS) is 9.12. The van der Waals surface area contributed by atoms with Gasteiger partial charge in [0.25, 0.3) is 0 Å². The van der Waals surface area contributed by atoms with Crippen LogP contribution in [0.3, 0.4) is 0 Å². The minimum atomic E-state index is 0. The van der Waals surface area contributed by atoms with Gasteiger partial charge in [0.2, 0.25) is 0 Å². The predicted octanol–water partition coefficient (Wildman–Crippen LogP) is 16.7. The molecule has 5 nitrogen and oxygen atoms in total. The van der Waals surface area contributed by atoms with E-state index >= 15 is 0 Å². The minimum absolute atomic E-state index is 0. The summed E-state index contributed by atoms with van der Waals surface area (Å²) in [6.45, 7) is 22.1. The third-order valence-corrected chi connectivity index (χ3v) is 7.60. The van der Waals surface area contributed by atoms with Crippen LogP contribution in [0.25, 0.3) is 43.6 Å². The van der Waals surface area contributed by atoms with Crippen LogP contribution in [0, 0.1) is 0 Å². The number of hydrogen-bond donors (Lipinski definition) is 5. The lowest BCUT2D eigenvalue weighted by molar-refractivity contribution is 0.765. The van der Waals surface area contributed by atoms with Crippen molar-refractivity contribution in [2.75, 3.05) is 0 Å². The Morgan fingerprint density at radius 1 is 0.288 bits per heavy atom. The number of rotatable bonds is 0. The van der Waals surface area contributed by atoms with Gasteiger partial charge in [-0.2, -0.15) is 0 Å².